The van der Waals surface area contributed by atoms with Crippen LogP contribution in [0.1, 0.15) is 44.9 Å². The van der Waals surface area contributed by atoms with Gasteiger partial charge in [0.2, 0.25) is 0 Å². The van der Waals surface area contributed by atoms with Gasteiger partial charge in [0.15, 0.2) is 0 Å². The maximum absolute atomic E-state index is 12.0. The van der Waals surface area contributed by atoms with Crippen LogP contribution in [0.4, 0.5) is 4.79 Å². The molecule has 0 radical (unpaired) electrons. The van der Waals surface area contributed by atoms with E-state index in [1.54, 1.807) is 0 Å². The number of rotatable bonds is 5. The molecule has 102 valence electrons. The molecule has 0 bridgehead atoms. The molecule has 18 heavy (non-hydrogen) atoms. The van der Waals surface area contributed by atoms with E-state index in [1.807, 2.05) is 0 Å². The third kappa shape index (κ3) is 3.89. The Labute approximate surface area is 108 Å². The van der Waals surface area contributed by atoms with Gasteiger partial charge in [-0.2, -0.15) is 0 Å². The molecule has 2 aliphatic rings. The van der Waals surface area contributed by atoms with Crippen molar-refractivity contribution in [2.24, 2.45) is 5.92 Å². The van der Waals surface area contributed by atoms with E-state index >= 15 is 0 Å². The number of urea groups is 1. The number of aliphatic carboxylic acids is 1. The third-order valence-corrected chi connectivity index (χ3v) is 3.82. The van der Waals surface area contributed by atoms with E-state index in [9.17, 15) is 9.59 Å². The Morgan fingerprint density at radius 3 is 2.33 bits per heavy atom. The number of nitrogens with one attached hydrogen (secondary N) is 1. The number of hydrogen-bond acceptors (Lipinski definition) is 2. The zero-order valence-electron chi connectivity index (χ0n) is 10.7. The van der Waals surface area contributed by atoms with Gasteiger partial charge in [0.1, 0.15) is 6.54 Å². The Bertz CT molecular complexity index is 309. The molecule has 0 spiro atoms. The van der Waals surface area contributed by atoms with Crippen LogP contribution in [-0.2, 0) is 4.79 Å². The predicted molar refractivity (Wildman–Crippen MR) is 67.3 cm³/mol. The van der Waals surface area contributed by atoms with Crippen LogP contribution in [0.2, 0.25) is 0 Å². The minimum Gasteiger partial charge on any atom is -0.480 e. The SMILES string of the molecule is O=C(O)CN(C(=O)NCC1CCCCC1)C1CC1. The number of nitrogens with zero attached hydrogens (tertiary/aromatic N) is 1. The first-order chi connectivity index (χ1) is 8.66. The molecule has 2 aliphatic carbocycles. The molecule has 2 N–H and O–H groups in total. The van der Waals surface area contributed by atoms with E-state index < -0.39 is 5.97 Å². The van der Waals surface area contributed by atoms with Crippen molar-refractivity contribution in [2.75, 3.05) is 13.1 Å². The Morgan fingerprint density at radius 1 is 1.11 bits per heavy atom. The lowest BCUT2D eigenvalue weighted by Gasteiger charge is -2.25. The molecular weight excluding hydrogens is 232 g/mol. The van der Waals surface area contributed by atoms with Crippen LogP contribution >= 0.6 is 0 Å². The van der Waals surface area contributed by atoms with Crippen LogP contribution in [-0.4, -0.2) is 41.1 Å². The van der Waals surface area contributed by atoms with Crippen LogP contribution in [0.5, 0.6) is 0 Å². The summed E-state index contributed by atoms with van der Waals surface area (Å²) in [4.78, 5) is 24.1. The van der Waals surface area contributed by atoms with E-state index in [0.717, 1.165) is 12.8 Å². The topological polar surface area (TPSA) is 69.6 Å². The van der Waals surface area contributed by atoms with Crippen LogP contribution in [0.15, 0.2) is 0 Å². The van der Waals surface area contributed by atoms with E-state index in [1.165, 1.54) is 37.0 Å². The molecule has 0 heterocycles. The first kappa shape index (κ1) is 13.2. The molecule has 0 saturated heterocycles. The highest BCUT2D eigenvalue weighted by Crippen LogP contribution is 2.27. The Morgan fingerprint density at radius 2 is 1.78 bits per heavy atom. The first-order valence-electron chi connectivity index (χ1n) is 6.93. The van der Waals surface area contributed by atoms with E-state index in [2.05, 4.69) is 5.32 Å². The molecule has 2 saturated carbocycles. The summed E-state index contributed by atoms with van der Waals surface area (Å²) < 4.78 is 0. The highest BCUT2D eigenvalue weighted by molar-refractivity contribution is 5.80. The molecule has 0 unspecified atom stereocenters. The molecule has 2 amide bonds. The van der Waals surface area contributed by atoms with Crippen molar-refractivity contribution >= 4 is 12.0 Å². The third-order valence-electron chi connectivity index (χ3n) is 3.82. The number of carbonyl (C=O) groups excluding carboxylic acids is 1. The molecule has 5 nitrogen and oxygen atoms in total. The highest BCUT2D eigenvalue weighted by Gasteiger charge is 2.34. The Balaban J connectivity index is 1.75. The van der Waals surface area contributed by atoms with Crippen molar-refractivity contribution in [2.45, 2.75) is 51.0 Å². The van der Waals surface area contributed by atoms with Crippen molar-refractivity contribution in [3.05, 3.63) is 0 Å². The standard InChI is InChI=1S/C13H22N2O3/c16-12(17)9-15(11-6-7-11)13(18)14-8-10-4-2-1-3-5-10/h10-11H,1-9H2,(H,14,18)(H,16,17). The van der Waals surface area contributed by atoms with Gasteiger partial charge in [0, 0.05) is 12.6 Å². The molecule has 0 atom stereocenters. The number of carboxylic acids is 1. The quantitative estimate of drug-likeness (QED) is 0.786. The van der Waals surface area contributed by atoms with Gasteiger partial charge in [-0.25, -0.2) is 4.79 Å². The van der Waals surface area contributed by atoms with Crippen LogP contribution in [0.25, 0.3) is 0 Å². The fourth-order valence-electron chi connectivity index (χ4n) is 2.62. The fourth-order valence-corrected chi connectivity index (χ4v) is 2.62. The molecule has 0 aliphatic heterocycles. The maximum Gasteiger partial charge on any atom is 0.323 e. The smallest absolute Gasteiger partial charge is 0.323 e. The number of carbonyl (C=O) groups is 2. The summed E-state index contributed by atoms with van der Waals surface area (Å²) in [6.07, 6.45) is 8.04. The van der Waals surface area contributed by atoms with Crippen molar-refractivity contribution < 1.29 is 14.7 Å². The number of carboxylic acid groups (broad SMARTS) is 1. The van der Waals surface area contributed by atoms with E-state index in [4.69, 9.17) is 5.11 Å². The number of hydrogen-bond donors (Lipinski definition) is 2. The fraction of sp³-hybridized carbons (Fsp3) is 0.846. The van der Waals surface area contributed by atoms with Gasteiger partial charge in [-0.3, -0.25) is 4.79 Å². The van der Waals surface area contributed by atoms with Gasteiger partial charge in [-0.15, -0.1) is 0 Å². The molecule has 0 aromatic carbocycles. The van der Waals surface area contributed by atoms with E-state index in [0.29, 0.717) is 12.5 Å². The highest BCUT2D eigenvalue weighted by atomic mass is 16.4. The molecule has 2 rings (SSSR count). The summed E-state index contributed by atoms with van der Waals surface area (Å²) in [6.45, 7) is 0.517. The summed E-state index contributed by atoms with van der Waals surface area (Å²) in [7, 11) is 0. The first-order valence-corrected chi connectivity index (χ1v) is 6.93. The zero-order chi connectivity index (χ0) is 13.0. The zero-order valence-corrected chi connectivity index (χ0v) is 10.7. The minimum absolute atomic E-state index is 0.146. The van der Waals surface area contributed by atoms with Crippen molar-refractivity contribution in [1.82, 2.24) is 10.2 Å². The molecule has 0 aromatic heterocycles. The largest absolute Gasteiger partial charge is 0.480 e. The maximum atomic E-state index is 12.0. The average molecular weight is 254 g/mol. The average Bonchev–Trinajstić information content (AvgIpc) is 3.18. The van der Waals surface area contributed by atoms with Crippen LogP contribution < -0.4 is 5.32 Å². The van der Waals surface area contributed by atoms with Gasteiger partial charge in [-0.05, 0) is 31.6 Å². The van der Waals surface area contributed by atoms with Gasteiger partial charge in [0.25, 0.3) is 0 Å². The van der Waals surface area contributed by atoms with Crippen LogP contribution in [0, 0.1) is 5.92 Å². The lowest BCUT2D eigenvalue weighted by molar-refractivity contribution is -0.137. The predicted octanol–water partition coefficient (Wildman–Crippen LogP) is 1.83. The second kappa shape index (κ2) is 6.07. The lowest BCUT2D eigenvalue weighted by atomic mass is 9.89. The second-order valence-electron chi connectivity index (χ2n) is 5.44. The monoisotopic (exact) mass is 254 g/mol. The van der Waals surface area contributed by atoms with Gasteiger partial charge in [-0.1, -0.05) is 19.3 Å². The molecule has 2 fully saturated rings. The van der Waals surface area contributed by atoms with Gasteiger partial charge >= 0.3 is 12.0 Å². The van der Waals surface area contributed by atoms with Crippen LogP contribution in [0.3, 0.4) is 0 Å². The summed E-state index contributed by atoms with van der Waals surface area (Å²) in [5, 5.41) is 11.7. The second-order valence-corrected chi connectivity index (χ2v) is 5.44. The minimum atomic E-state index is -0.935. The summed E-state index contributed by atoms with van der Waals surface area (Å²) >= 11 is 0. The Kier molecular flexibility index (Phi) is 4.44. The summed E-state index contributed by atoms with van der Waals surface area (Å²) in [5.74, 6) is -0.358. The normalized spacial score (nSPS) is 20.4. The van der Waals surface area contributed by atoms with Crippen molar-refractivity contribution in [3.63, 3.8) is 0 Å². The summed E-state index contributed by atoms with van der Waals surface area (Å²) in [5.41, 5.74) is 0. The summed E-state index contributed by atoms with van der Waals surface area (Å²) in [6, 6.07) is -0.0575. The van der Waals surface area contributed by atoms with Gasteiger partial charge < -0.3 is 15.3 Å². The van der Waals surface area contributed by atoms with E-state index in [-0.39, 0.29) is 18.6 Å². The lowest BCUT2D eigenvalue weighted by Crippen LogP contribution is -2.45. The van der Waals surface area contributed by atoms with Crippen molar-refractivity contribution in [3.8, 4) is 0 Å². The van der Waals surface area contributed by atoms with Crippen molar-refractivity contribution in [1.29, 1.82) is 0 Å². The molecule has 5 heteroatoms. The molecular formula is C13H22N2O3. The Hall–Kier alpha value is -1.26. The van der Waals surface area contributed by atoms with Gasteiger partial charge in [0.05, 0.1) is 0 Å². The number of amides is 2. The molecule has 0 aromatic rings.